The van der Waals surface area contributed by atoms with Gasteiger partial charge in [0.1, 0.15) is 5.76 Å². The molecule has 2 N–H and O–H groups in total. The summed E-state index contributed by atoms with van der Waals surface area (Å²) in [5.41, 5.74) is 0. The van der Waals surface area contributed by atoms with Crippen LogP contribution in [-0.2, 0) is 9.59 Å². The summed E-state index contributed by atoms with van der Waals surface area (Å²) in [6, 6.07) is 1.54. The van der Waals surface area contributed by atoms with E-state index in [1.165, 1.54) is 0 Å². The van der Waals surface area contributed by atoms with Crippen molar-refractivity contribution < 1.29 is 19.2 Å². The number of rotatable bonds is 8. The Kier molecular flexibility index (Phi) is 6.17. The summed E-state index contributed by atoms with van der Waals surface area (Å²) in [5.74, 6) is 0.0254. The molecule has 0 bridgehead atoms. The third kappa shape index (κ3) is 5.40. The second-order valence-electron chi connectivity index (χ2n) is 4.70. The summed E-state index contributed by atoms with van der Waals surface area (Å²) in [7, 11) is 0. The predicted molar refractivity (Wildman–Crippen MR) is 73.4 cm³/mol. The first-order valence-corrected chi connectivity index (χ1v) is 6.61. The van der Waals surface area contributed by atoms with Crippen LogP contribution >= 0.6 is 0 Å². The van der Waals surface area contributed by atoms with Crippen LogP contribution in [0.3, 0.4) is 0 Å². The number of hydrogen-bond acceptors (Lipinski definition) is 5. The molecule has 1 atom stereocenters. The Bertz CT molecular complexity index is 458. The average molecular weight is 283 g/mol. The van der Waals surface area contributed by atoms with E-state index in [9.17, 15) is 9.59 Å². The number of carbonyl (C=O) groups is 2. The number of aliphatic carboxylic acids is 1. The Morgan fingerprint density at radius 2 is 2.25 bits per heavy atom. The van der Waals surface area contributed by atoms with Crippen LogP contribution in [0.4, 0.5) is 5.82 Å². The molecule has 1 aromatic heterocycles. The quantitative estimate of drug-likeness (QED) is 0.750. The van der Waals surface area contributed by atoms with Gasteiger partial charge in [0.05, 0.1) is 6.42 Å². The molecule has 1 aromatic rings. The van der Waals surface area contributed by atoms with Gasteiger partial charge >= 0.3 is 5.97 Å². The zero-order valence-corrected chi connectivity index (χ0v) is 12.0. The molecule has 0 saturated carbocycles. The highest BCUT2D eigenvalue weighted by molar-refractivity contribution is 5.89. The topological polar surface area (TPSA) is 95.7 Å². The largest absolute Gasteiger partial charge is 0.481 e. The van der Waals surface area contributed by atoms with Crippen molar-refractivity contribution in [2.75, 3.05) is 18.4 Å². The van der Waals surface area contributed by atoms with Gasteiger partial charge in [0.2, 0.25) is 5.91 Å². The van der Waals surface area contributed by atoms with E-state index in [1.54, 1.807) is 13.0 Å². The predicted octanol–water partition coefficient (Wildman–Crippen LogP) is 1.50. The molecule has 0 saturated heterocycles. The zero-order valence-electron chi connectivity index (χ0n) is 12.0. The maximum atomic E-state index is 11.8. The molecule has 0 aliphatic heterocycles. The Morgan fingerprint density at radius 1 is 1.55 bits per heavy atom. The first kappa shape index (κ1) is 16.2. The van der Waals surface area contributed by atoms with Crippen molar-refractivity contribution in [1.29, 1.82) is 0 Å². The van der Waals surface area contributed by atoms with Gasteiger partial charge in [-0.3, -0.25) is 14.5 Å². The molecular weight excluding hydrogens is 262 g/mol. The number of amides is 1. The minimum atomic E-state index is -0.835. The van der Waals surface area contributed by atoms with Gasteiger partial charge in [-0.2, -0.15) is 0 Å². The van der Waals surface area contributed by atoms with Crippen LogP contribution in [0.1, 0.15) is 32.4 Å². The van der Waals surface area contributed by atoms with E-state index in [2.05, 4.69) is 10.5 Å². The number of carbonyl (C=O) groups excluding carboxylic acids is 1. The highest BCUT2D eigenvalue weighted by Crippen LogP contribution is 2.09. The van der Waals surface area contributed by atoms with Crippen molar-refractivity contribution >= 4 is 17.7 Å². The van der Waals surface area contributed by atoms with E-state index in [-0.39, 0.29) is 24.8 Å². The second kappa shape index (κ2) is 7.64. The van der Waals surface area contributed by atoms with E-state index in [1.807, 2.05) is 18.7 Å². The van der Waals surface area contributed by atoms with Crippen molar-refractivity contribution in [1.82, 2.24) is 10.1 Å². The number of aromatic nitrogens is 1. The van der Waals surface area contributed by atoms with Crippen LogP contribution in [0, 0.1) is 6.92 Å². The van der Waals surface area contributed by atoms with E-state index in [0.717, 1.165) is 0 Å². The van der Waals surface area contributed by atoms with Crippen LogP contribution in [0.5, 0.6) is 0 Å². The first-order chi connectivity index (χ1) is 9.42. The molecule has 0 aliphatic rings. The molecule has 7 nitrogen and oxygen atoms in total. The van der Waals surface area contributed by atoms with Crippen molar-refractivity contribution in [3.8, 4) is 0 Å². The molecule has 0 spiro atoms. The van der Waals surface area contributed by atoms with Crippen LogP contribution in [0.2, 0.25) is 0 Å². The lowest BCUT2D eigenvalue weighted by Gasteiger charge is -2.26. The highest BCUT2D eigenvalue weighted by Gasteiger charge is 2.16. The van der Waals surface area contributed by atoms with Crippen molar-refractivity contribution in [3.63, 3.8) is 0 Å². The van der Waals surface area contributed by atoms with Gasteiger partial charge in [0, 0.05) is 25.1 Å². The Morgan fingerprint density at radius 3 is 2.75 bits per heavy atom. The number of nitrogens with one attached hydrogen (secondary N) is 1. The van der Waals surface area contributed by atoms with E-state index in [4.69, 9.17) is 9.63 Å². The summed E-state index contributed by atoms with van der Waals surface area (Å²) in [5, 5.41) is 15.1. The van der Waals surface area contributed by atoms with E-state index < -0.39 is 5.97 Å². The minimum Gasteiger partial charge on any atom is -0.481 e. The smallest absolute Gasteiger partial charge is 0.304 e. The standard InChI is InChI=1S/C13H21N3O4/c1-4-16(9(2)7-13(18)19)6-5-12(17)14-11-8-10(3)20-15-11/h8-9H,4-7H2,1-3H3,(H,18,19)(H,14,15,17). The summed E-state index contributed by atoms with van der Waals surface area (Å²) >= 11 is 0. The van der Waals surface area contributed by atoms with Crippen molar-refractivity contribution in [3.05, 3.63) is 11.8 Å². The molecule has 0 fully saturated rings. The fraction of sp³-hybridized carbons (Fsp3) is 0.615. The monoisotopic (exact) mass is 283 g/mol. The maximum Gasteiger partial charge on any atom is 0.304 e. The molecule has 0 aromatic carbocycles. The van der Waals surface area contributed by atoms with Gasteiger partial charge in [-0.1, -0.05) is 12.1 Å². The molecule has 112 valence electrons. The fourth-order valence-electron chi connectivity index (χ4n) is 1.95. The highest BCUT2D eigenvalue weighted by atomic mass is 16.5. The number of carboxylic acids is 1. The number of nitrogens with zero attached hydrogens (tertiary/aromatic N) is 2. The molecule has 0 aliphatic carbocycles. The summed E-state index contributed by atoms with van der Waals surface area (Å²) < 4.78 is 4.85. The van der Waals surface area contributed by atoms with Gasteiger partial charge in [-0.05, 0) is 20.4 Å². The third-order valence-electron chi connectivity index (χ3n) is 3.02. The van der Waals surface area contributed by atoms with Gasteiger partial charge in [-0.25, -0.2) is 0 Å². The molecule has 1 amide bonds. The molecule has 7 heteroatoms. The minimum absolute atomic E-state index is 0.0674. The van der Waals surface area contributed by atoms with Crippen LogP contribution in [-0.4, -0.2) is 46.2 Å². The van der Waals surface area contributed by atoms with Crippen LogP contribution < -0.4 is 5.32 Å². The van der Waals surface area contributed by atoms with Crippen molar-refractivity contribution in [2.45, 2.75) is 39.7 Å². The van der Waals surface area contributed by atoms with E-state index >= 15 is 0 Å². The van der Waals surface area contributed by atoms with Gasteiger partial charge < -0.3 is 14.9 Å². The lowest BCUT2D eigenvalue weighted by molar-refractivity contribution is -0.138. The van der Waals surface area contributed by atoms with Gasteiger partial charge in [0.15, 0.2) is 5.82 Å². The number of aryl methyl sites for hydroxylation is 1. The third-order valence-corrected chi connectivity index (χ3v) is 3.02. The van der Waals surface area contributed by atoms with Gasteiger partial charge in [0.25, 0.3) is 0 Å². The van der Waals surface area contributed by atoms with Gasteiger partial charge in [-0.15, -0.1) is 0 Å². The number of hydrogen-bond donors (Lipinski definition) is 2. The van der Waals surface area contributed by atoms with Crippen LogP contribution in [0.15, 0.2) is 10.6 Å². The molecule has 1 heterocycles. The van der Waals surface area contributed by atoms with Crippen LogP contribution in [0.25, 0.3) is 0 Å². The molecule has 1 rings (SSSR count). The lowest BCUT2D eigenvalue weighted by atomic mass is 10.2. The van der Waals surface area contributed by atoms with E-state index in [0.29, 0.717) is 24.7 Å². The summed E-state index contributed by atoms with van der Waals surface area (Å²) in [4.78, 5) is 24.4. The number of anilines is 1. The Hall–Kier alpha value is -1.89. The molecular formula is C13H21N3O4. The van der Waals surface area contributed by atoms with Crippen molar-refractivity contribution in [2.24, 2.45) is 0 Å². The SMILES string of the molecule is CCN(CCC(=O)Nc1cc(C)on1)C(C)CC(=O)O. The molecule has 0 radical (unpaired) electrons. The number of carboxylic acid groups (broad SMARTS) is 1. The zero-order chi connectivity index (χ0) is 15.1. The molecule has 20 heavy (non-hydrogen) atoms. The Labute approximate surface area is 117 Å². The lowest BCUT2D eigenvalue weighted by Crippen LogP contribution is -2.36. The maximum absolute atomic E-state index is 11.8. The summed E-state index contributed by atoms with van der Waals surface area (Å²) in [6.07, 6.45) is 0.349. The normalized spacial score (nSPS) is 12.4. The fourth-order valence-corrected chi connectivity index (χ4v) is 1.95. The first-order valence-electron chi connectivity index (χ1n) is 6.61. The summed E-state index contributed by atoms with van der Waals surface area (Å²) in [6.45, 7) is 6.74. The second-order valence-corrected chi connectivity index (χ2v) is 4.70. The average Bonchev–Trinajstić information content (AvgIpc) is 2.74. The molecule has 1 unspecified atom stereocenters. The Balaban J connectivity index is 2.39.